The molecule has 15 atom stereocenters. The van der Waals surface area contributed by atoms with Gasteiger partial charge in [0, 0.05) is 37.7 Å². The Morgan fingerprint density at radius 1 is 0.789 bits per heavy atom. The molecular weight excluding hydrogens is 927 g/mol. The summed E-state index contributed by atoms with van der Waals surface area (Å²) in [5, 5.41) is 60.8. The van der Waals surface area contributed by atoms with Crippen LogP contribution in [-0.2, 0) is 52.3 Å². The van der Waals surface area contributed by atoms with Gasteiger partial charge in [-0.1, -0.05) is 80.6 Å². The van der Waals surface area contributed by atoms with E-state index < -0.39 is 150 Å². The molecule has 8 rings (SSSR count). The fourth-order valence-electron chi connectivity index (χ4n) is 11.4. The van der Waals surface area contributed by atoms with Crippen LogP contribution in [0, 0.1) is 16.7 Å². The van der Waals surface area contributed by atoms with Crippen molar-refractivity contribution in [1.82, 2.24) is 5.32 Å². The first kappa shape index (κ1) is 51.5. The third-order valence-electron chi connectivity index (χ3n) is 15.2. The molecule has 3 aliphatic carbocycles. The Bertz CT molecular complexity index is 2560. The molecule has 5 aliphatic rings. The Morgan fingerprint density at radius 3 is 1.97 bits per heavy atom. The molecule has 4 fully saturated rings. The van der Waals surface area contributed by atoms with Crippen LogP contribution in [-0.4, -0.2) is 147 Å². The van der Waals surface area contributed by atoms with Crippen LogP contribution in [0.1, 0.15) is 86.7 Å². The summed E-state index contributed by atoms with van der Waals surface area (Å²) in [6.45, 7) is 7.24. The van der Waals surface area contributed by atoms with Gasteiger partial charge in [-0.05, 0) is 54.8 Å². The quantitative estimate of drug-likeness (QED) is 0.0862. The van der Waals surface area contributed by atoms with Crippen molar-refractivity contribution in [2.75, 3.05) is 13.2 Å². The minimum absolute atomic E-state index is 0.0120. The summed E-state index contributed by atoms with van der Waals surface area (Å²) in [6, 6.07) is 22.6. The lowest BCUT2D eigenvalue weighted by atomic mass is 9.44. The molecule has 1 amide bonds. The Labute approximate surface area is 409 Å². The average molecular weight is 986 g/mol. The zero-order chi connectivity index (χ0) is 51.4. The van der Waals surface area contributed by atoms with Gasteiger partial charge in [-0.3, -0.25) is 19.2 Å². The van der Waals surface area contributed by atoms with Crippen LogP contribution in [0.25, 0.3) is 0 Å². The number of hydrogen-bond acceptors (Lipinski definition) is 18. The number of fused-ring (bicyclic) bond motifs is 5. The molecule has 0 radical (unpaired) electrons. The largest absolute Gasteiger partial charge is 0.456 e. The Morgan fingerprint density at radius 2 is 1.39 bits per heavy atom. The maximum Gasteiger partial charge on any atom is 0.338 e. The molecule has 2 saturated carbocycles. The smallest absolute Gasteiger partial charge is 0.338 e. The molecule has 6 N–H and O–H groups in total. The summed E-state index contributed by atoms with van der Waals surface area (Å²) < 4.78 is 43.1. The number of rotatable bonds is 12. The normalized spacial score (nSPS) is 34.8. The van der Waals surface area contributed by atoms with Gasteiger partial charge >= 0.3 is 23.9 Å². The first-order valence-corrected chi connectivity index (χ1v) is 23.4. The standard InChI is InChI=1S/C52H59NO18/c1-26-33(68-47(63)39(58)37(29-16-10-7-11-17-29)53-45(61)30-18-12-8-13-19-30)23-52(64)44(70-46(62)31-20-14-9-15-21-31)42-50(6,43(60)41(67-27(2)54)36(26)49(52,4)5)34(22-35-51(42,25-66-35)71-28(3)55)69-48-40(59)38(57)32(56)24-65-48/h7-21,32-35,37-42,44,48,56-59,64H,22-25H2,1-6H3,(H,53,61)/t32-,33+,34+,35?,37+,38+,39-,40-,41-,42?,44+,48+,50-,51+,52-/m1/s1. The van der Waals surface area contributed by atoms with E-state index >= 15 is 4.79 Å². The molecule has 2 bridgehead atoms. The van der Waals surface area contributed by atoms with E-state index in [0.717, 1.165) is 13.8 Å². The van der Waals surface area contributed by atoms with Crippen LogP contribution < -0.4 is 5.32 Å². The summed E-state index contributed by atoms with van der Waals surface area (Å²) >= 11 is 0. The van der Waals surface area contributed by atoms with E-state index in [-0.39, 0.29) is 28.7 Å². The number of aliphatic hydroxyl groups is 5. The molecule has 2 aliphatic heterocycles. The summed E-state index contributed by atoms with van der Waals surface area (Å²) in [4.78, 5) is 85.6. The van der Waals surface area contributed by atoms with E-state index in [4.69, 9.17) is 33.2 Å². The number of benzene rings is 3. The van der Waals surface area contributed by atoms with Gasteiger partial charge in [0.1, 0.15) is 42.2 Å². The van der Waals surface area contributed by atoms with Crippen molar-refractivity contribution < 1.29 is 87.5 Å². The monoisotopic (exact) mass is 985 g/mol. The van der Waals surface area contributed by atoms with E-state index in [1.807, 2.05) is 0 Å². The Kier molecular flexibility index (Phi) is 14.2. The number of ether oxygens (including phenoxy) is 7. The molecule has 2 saturated heterocycles. The molecule has 380 valence electrons. The summed E-state index contributed by atoms with van der Waals surface area (Å²) in [5.41, 5.74) is -7.76. The molecule has 19 heteroatoms. The highest BCUT2D eigenvalue weighted by atomic mass is 16.7. The fourth-order valence-corrected chi connectivity index (χ4v) is 11.4. The van der Waals surface area contributed by atoms with Crippen molar-refractivity contribution in [1.29, 1.82) is 0 Å². The van der Waals surface area contributed by atoms with E-state index in [1.54, 1.807) is 78.9 Å². The minimum Gasteiger partial charge on any atom is -0.456 e. The number of amides is 1. The maximum atomic E-state index is 16.2. The first-order valence-electron chi connectivity index (χ1n) is 23.4. The van der Waals surface area contributed by atoms with E-state index in [9.17, 15) is 49.5 Å². The van der Waals surface area contributed by atoms with Crippen LogP contribution in [0.2, 0.25) is 0 Å². The maximum absolute atomic E-state index is 16.2. The lowest BCUT2D eigenvalue weighted by molar-refractivity contribution is -0.366. The SMILES string of the molecule is CC(=O)O[C@H]1C(=O)[C@@]2(C)C([C@H](OC(=O)c3ccccc3)[C@]3(O)C[C@H](OC(=O)[C@H](O)[C@@H](NC(=O)c4ccccc4)c4ccccc4)C(C)=C1C3(C)C)[C@]1(OC(C)=O)COC1C[C@@H]2O[C@@H]1OC[C@@H](O)[C@H](O)[C@H]1O. The van der Waals surface area contributed by atoms with Gasteiger partial charge in [0.2, 0.25) is 0 Å². The van der Waals surface area contributed by atoms with Crippen molar-refractivity contribution in [2.24, 2.45) is 16.7 Å². The third kappa shape index (κ3) is 8.96. The molecule has 0 spiro atoms. The van der Waals surface area contributed by atoms with Gasteiger partial charge in [0.05, 0.1) is 42.3 Å². The molecular formula is C52H59NO18. The van der Waals surface area contributed by atoms with Gasteiger partial charge in [-0.15, -0.1) is 0 Å². The Hall–Kier alpha value is -5.90. The second-order valence-electron chi connectivity index (χ2n) is 19.7. The second-order valence-corrected chi connectivity index (χ2v) is 19.7. The first-order chi connectivity index (χ1) is 33.6. The lowest BCUT2D eigenvalue weighted by Gasteiger charge is -2.68. The molecule has 71 heavy (non-hydrogen) atoms. The summed E-state index contributed by atoms with van der Waals surface area (Å²) in [6.07, 6.45) is -17.9. The van der Waals surface area contributed by atoms with E-state index in [0.29, 0.717) is 5.56 Å². The van der Waals surface area contributed by atoms with Gasteiger partial charge in [0.15, 0.2) is 29.9 Å². The molecule has 19 nitrogen and oxygen atoms in total. The number of nitrogens with one attached hydrogen (secondary N) is 1. The van der Waals surface area contributed by atoms with Crippen molar-refractivity contribution in [3.05, 3.63) is 119 Å². The van der Waals surface area contributed by atoms with E-state index in [2.05, 4.69) is 5.32 Å². The highest BCUT2D eigenvalue weighted by molar-refractivity contribution is 5.96. The second kappa shape index (κ2) is 19.6. The van der Waals surface area contributed by atoms with Gasteiger partial charge in [-0.25, -0.2) is 9.59 Å². The van der Waals surface area contributed by atoms with Crippen molar-refractivity contribution in [3.63, 3.8) is 0 Å². The van der Waals surface area contributed by atoms with Gasteiger partial charge in [-0.2, -0.15) is 0 Å². The predicted molar refractivity (Wildman–Crippen MR) is 244 cm³/mol. The number of carbonyl (C=O) groups is 6. The predicted octanol–water partition coefficient (Wildman–Crippen LogP) is 2.20. The number of esters is 4. The molecule has 3 aromatic rings. The fraction of sp³-hybridized carbons (Fsp3) is 0.500. The molecule has 3 aromatic carbocycles. The van der Waals surface area contributed by atoms with Crippen molar-refractivity contribution >= 4 is 35.6 Å². The molecule has 2 heterocycles. The number of carbonyl (C=O) groups excluding carboxylic acids is 6. The minimum atomic E-state index is -2.51. The lowest BCUT2D eigenvalue weighted by Crippen LogP contribution is -2.82. The van der Waals surface area contributed by atoms with Crippen LogP contribution in [0.5, 0.6) is 0 Å². The number of aliphatic hydroxyl groups excluding tert-OH is 4. The van der Waals surface area contributed by atoms with Crippen LogP contribution in [0.3, 0.4) is 0 Å². The topological polar surface area (TPSA) is 280 Å². The zero-order valence-corrected chi connectivity index (χ0v) is 40.0. The van der Waals surface area contributed by atoms with Crippen molar-refractivity contribution in [2.45, 2.75) is 133 Å². The summed E-state index contributed by atoms with van der Waals surface area (Å²) in [7, 11) is 0. The average Bonchev–Trinajstić information content (AvgIpc) is 3.34. The Balaban J connectivity index is 1.30. The van der Waals surface area contributed by atoms with Crippen LogP contribution >= 0.6 is 0 Å². The highest BCUT2D eigenvalue weighted by Gasteiger charge is 2.79. The highest BCUT2D eigenvalue weighted by Crippen LogP contribution is 2.65. The zero-order valence-electron chi connectivity index (χ0n) is 40.0. The summed E-state index contributed by atoms with van der Waals surface area (Å²) in [5.74, 6) is -7.31. The number of ketones is 1. The van der Waals surface area contributed by atoms with E-state index in [1.165, 1.54) is 39.8 Å². The van der Waals surface area contributed by atoms with Crippen molar-refractivity contribution in [3.8, 4) is 0 Å². The number of hydrogen-bond donors (Lipinski definition) is 6. The van der Waals surface area contributed by atoms with Gasteiger partial charge in [0.25, 0.3) is 5.91 Å². The number of Topliss-reactive ketones (excluding diaryl/α,β-unsaturated/α-hetero) is 1. The molecule has 2 unspecified atom stereocenters. The van der Waals surface area contributed by atoms with Crippen LogP contribution in [0.15, 0.2) is 102 Å². The van der Waals surface area contributed by atoms with Gasteiger partial charge < -0.3 is 64.0 Å². The van der Waals surface area contributed by atoms with Crippen LogP contribution in [0.4, 0.5) is 0 Å². The third-order valence-corrected chi connectivity index (χ3v) is 15.2. The molecule has 0 aromatic heterocycles.